The van der Waals surface area contributed by atoms with Crippen molar-refractivity contribution in [1.82, 2.24) is 0 Å². The molecule has 0 aromatic carbocycles. The van der Waals surface area contributed by atoms with Crippen molar-refractivity contribution in [2.24, 2.45) is 5.92 Å². The van der Waals surface area contributed by atoms with Gasteiger partial charge in [-0.15, -0.1) is 0 Å². The van der Waals surface area contributed by atoms with Crippen LogP contribution in [0.25, 0.3) is 0 Å². The molecule has 0 heterocycles. The normalized spacial score (nSPS) is 21.5. The Labute approximate surface area is 150 Å². The van der Waals surface area contributed by atoms with Gasteiger partial charge < -0.3 is 24.0 Å². The van der Waals surface area contributed by atoms with Crippen LogP contribution >= 0.6 is 22.6 Å². The zero-order chi connectivity index (χ0) is 7.40. The molecule has 0 nitrogen and oxygen atoms in total. The van der Waals surface area contributed by atoms with Crippen LogP contribution in [0.4, 0.5) is 0 Å². The van der Waals surface area contributed by atoms with Gasteiger partial charge in [-0.25, -0.2) is 0 Å². The van der Waals surface area contributed by atoms with Crippen molar-refractivity contribution in [2.45, 2.75) is 49.4 Å². The van der Waals surface area contributed by atoms with Crippen molar-refractivity contribution in [3.63, 3.8) is 0 Å². The maximum Gasteiger partial charge on any atom is 1.00 e. The molecule has 68 valence electrons. The third kappa shape index (κ3) is 8.41. The fourth-order valence-electron chi connectivity index (χ4n) is 0.971. The van der Waals surface area contributed by atoms with Gasteiger partial charge in [-0.3, -0.25) is 0 Å². The van der Waals surface area contributed by atoms with E-state index in [0.29, 0.717) is 0 Å². The average Bonchev–Trinajstić information content (AvgIpc) is 1.80. The Kier molecular flexibility index (Phi) is 15.5. The number of hydrogen-bond donors (Lipinski definition) is 0. The second-order valence-electron chi connectivity index (χ2n) is 3.56. The van der Waals surface area contributed by atoms with Crippen molar-refractivity contribution < 1.29 is 75.4 Å². The predicted octanol–water partition coefficient (Wildman–Crippen LogP) is -2.21. The van der Waals surface area contributed by atoms with E-state index in [2.05, 4.69) is 29.5 Å². The molecule has 0 spiro atoms. The molecule has 2 fully saturated rings. The summed E-state index contributed by atoms with van der Waals surface area (Å²) in [5.74, 6) is 1.06. The van der Waals surface area contributed by atoms with Gasteiger partial charge in [0.1, 0.15) is 0 Å². The van der Waals surface area contributed by atoms with Gasteiger partial charge in [-0.05, 0) is 18.8 Å². The standard InChI is InChI=1S/C5H10.C4H7I.HI.K/c1-5-3-2-4-5;5-4-2-1-3-4;;/h5H,2-4H2,1H3;4H,1-3H2;1H;/q;;;+1/p-1. The fraction of sp³-hybridized carbons (Fsp3) is 1.00. The van der Waals surface area contributed by atoms with E-state index in [1.165, 1.54) is 38.5 Å². The first-order valence-electron chi connectivity index (χ1n) is 4.43. The van der Waals surface area contributed by atoms with E-state index in [-0.39, 0.29) is 75.4 Å². The van der Waals surface area contributed by atoms with Gasteiger partial charge in [0.25, 0.3) is 0 Å². The van der Waals surface area contributed by atoms with Crippen LogP contribution < -0.4 is 75.4 Å². The Hall–Kier alpha value is 3.10. The van der Waals surface area contributed by atoms with Crippen LogP contribution in [0.1, 0.15) is 45.4 Å². The summed E-state index contributed by atoms with van der Waals surface area (Å²) in [4.78, 5) is 0. The summed E-state index contributed by atoms with van der Waals surface area (Å²) >= 11 is 2.49. The van der Waals surface area contributed by atoms with Gasteiger partial charge >= 0.3 is 51.4 Å². The molecule has 12 heavy (non-hydrogen) atoms. The first kappa shape index (κ1) is 17.5. The van der Waals surface area contributed by atoms with Gasteiger partial charge in [0.15, 0.2) is 0 Å². The van der Waals surface area contributed by atoms with Crippen molar-refractivity contribution in [3.8, 4) is 0 Å². The van der Waals surface area contributed by atoms with Gasteiger partial charge in [0.05, 0.1) is 0 Å². The number of alkyl halides is 1. The Balaban J connectivity index is 0. The van der Waals surface area contributed by atoms with E-state index in [1.807, 2.05) is 0 Å². The SMILES string of the molecule is CC1CCC1.IC1CCC1.[I-].[K+]. The number of rotatable bonds is 0. The Morgan fingerprint density at radius 1 is 1.00 bits per heavy atom. The van der Waals surface area contributed by atoms with Crippen LogP contribution in [0.2, 0.25) is 0 Å². The molecule has 0 atom stereocenters. The zero-order valence-corrected chi connectivity index (χ0v) is 15.6. The first-order chi connectivity index (χ1) is 4.79. The molecule has 2 saturated carbocycles. The quantitative estimate of drug-likeness (QED) is 0.238. The van der Waals surface area contributed by atoms with E-state index in [0.717, 1.165) is 9.84 Å². The Morgan fingerprint density at radius 3 is 1.25 bits per heavy atom. The molecule has 0 unspecified atom stereocenters. The third-order valence-corrected chi connectivity index (χ3v) is 3.67. The van der Waals surface area contributed by atoms with E-state index in [4.69, 9.17) is 0 Å². The minimum atomic E-state index is 0. The molecule has 0 saturated heterocycles. The summed E-state index contributed by atoms with van der Waals surface area (Å²) < 4.78 is 1.03. The van der Waals surface area contributed by atoms with Crippen LogP contribution in [0.15, 0.2) is 0 Å². The second-order valence-corrected chi connectivity index (χ2v) is 5.33. The average molecular weight is 418 g/mol. The molecule has 0 amide bonds. The monoisotopic (exact) mass is 418 g/mol. The van der Waals surface area contributed by atoms with E-state index < -0.39 is 0 Å². The predicted molar refractivity (Wildman–Crippen MR) is 54.7 cm³/mol. The molecular weight excluding hydrogens is 401 g/mol. The largest absolute Gasteiger partial charge is 1.00 e. The summed E-state index contributed by atoms with van der Waals surface area (Å²) in [5.41, 5.74) is 0. The smallest absolute Gasteiger partial charge is 1.00 e. The number of hydrogen-bond acceptors (Lipinski definition) is 0. The molecule has 2 aliphatic carbocycles. The molecule has 0 aliphatic heterocycles. The Bertz CT molecular complexity index is 78.5. The maximum absolute atomic E-state index is 2.49. The van der Waals surface area contributed by atoms with E-state index in [1.54, 1.807) is 0 Å². The van der Waals surface area contributed by atoms with Crippen molar-refractivity contribution in [2.75, 3.05) is 0 Å². The summed E-state index contributed by atoms with van der Waals surface area (Å²) in [5, 5.41) is 0. The zero-order valence-electron chi connectivity index (χ0n) is 8.15. The number of halogens is 2. The minimum Gasteiger partial charge on any atom is -1.00 e. The Morgan fingerprint density at radius 2 is 1.25 bits per heavy atom. The van der Waals surface area contributed by atoms with E-state index in [9.17, 15) is 0 Å². The molecule has 0 bridgehead atoms. The summed E-state index contributed by atoms with van der Waals surface area (Å²) in [7, 11) is 0. The molecule has 0 aromatic heterocycles. The van der Waals surface area contributed by atoms with Crippen LogP contribution in [-0.4, -0.2) is 3.92 Å². The molecule has 0 radical (unpaired) electrons. The first-order valence-corrected chi connectivity index (χ1v) is 5.67. The molecule has 0 aromatic rings. The van der Waals surface area contributed by atoms with Gasteiger partial charge in [-0.1, -0.05) is 55.2 Å². The van der Waals surface area contributed by atoms with Gasteiger partial charge in [0, 0.05) is 3.92 Å². The van der Waals surface area contributed by atoms with E-state index >= 15 is 0 Å². The third-order valence-electron chi connectivity index (χ3n) is 2.43. The van der Waals surface area contributed by atoms with Crippen molar-refractivity contribution in [1.29, 1.82) is 0 Å². The topological polar surface area (TPSA) is 0 Å². The van der Waals surface area contributed by atoms with Crippen molar-refractivity contribution >= 4 is 22.6 Å². The van der Waals surface area contributed by atoms with Crippen LogP contribution in [-0.2, 0) is 0 Å². The maximum atomic E-state index is 2.49. The molecule has 2 aliphatic rings. The fourth-order valence-corrected chi connectivity index (χ4v) is 1.85. The van der Waals surface area contributed by atoms with Crippen LogP contribution in [0.5, 0.6) is 0 Å². The summed E-state index contributed by atoms with van der Waals surface area (Å²) in [6.45, 7) is 2.31. The summed E-state index contributed by atoms with van der Waals surface area (Å²) in [6.07, 6.45) is 8.88. The molecular formula is C9H17I2K. The second kappa shape index (κ2) is 10.6. The summed E-state index contributed by atoms with van der Waals surface area (Å²) in [6, 6.07) is 0. The van der Waals surface area contributed by atoms with Gasteiger partial charge in [0.2, 0.25) is 0 Å². The molecule has 2 rings (SSSR count). The van der Waals surface area contributed by atoms with Crippen LogP contribution in [0.3, 0.4) is 0 Å². The minimum absolute atomic E-state index is 0. The van der Waals surface area contributed by atoms with Crippen molar-refractivity contribution in [3.05, 3.63) is 0 Å². The van der Waals surface area contributed by atoms with Crippen LogP contribution in [0, 0.1) is 5.92 Å². The molecule has 3 heteroatoms. The van der Waals surface area contributed by atoms with Gasteiger partial charge in [-0.2, -0.15) is 0 Å². The molecule has 0 N–H and O–H groups in total.